The van der Waals surface area contributed by atoms with Crippen molar-refractivity contribution in [1.29, 1.82) is 0 Å². The van der Waals surface area contributed by atoms with E-state index in [1.165, 1.54) is 0 Å². The summed E-state index contributed by atoms with van der Waals surface area (Å²) in [4.78, 5) is 10.4. The molecule has 0 bridgehead atoms. The molecule has 5 heteroatoms. The Kier molecular flexibility index (Phi) is 3.77. The quantitative estimate of drug-likeness (QED) is 0.871. The summed E-state index contributed by atoms with van der Waals surface area (Å²) in [5, 5.41) is 11.5. The number of rotatable bonds is 2. The van der Waals surface area contributed by atoms with Gasteiger partial charge in [-0.3, -0.25) is 0 Å². The van der Waals surface area contributed by atoms with Crippen LogP contribution in [0.3, 0.4) is 0 Å². The largest absolute Gasteiger partial charge is 0.465 e. The van der Waals surface area contributed by atoms with Gasteiger partial charge in [0.05, 0.1) is 6.04 Å². The van der Waals surface area contributed by atoms with Gasteiger partial charge in [-0.15, -0.1) is 0 Å². The third-order valence-electron chi connectivity index (χ3n) is 1.72. The molecule has 1 rings (SSSR count). The second-order valence-corrected chi connectivity index (χ2v) is 4.23. The number of carbonyl (C=O) groups is 1. The number of hydrogen-bond acceptors (Lipinski definition) is 1. The summed E-state index contributed by atoms with van der Waals surface area (Å²) in [5.41, 5.74) is 0.826. The maximum Gasteiger partial charge on any atom is 0.405 e. The van der Waals surface area contributed by atoms with Crippen LogP contribution in [0.2, 0.25) is 5.02 Å². The van der Waals surface area contributed by atoms with Crippen molar-refractivity contribution in [3.05, 3.63) is 33.3 Å². The summed E-state index contributed by atoms with van der Waals surface area (Å²) in [6, 6.07) is 5.03. The van der Waals surface area contributed by atoms with E-state index in [1.807, 2.05) is 6.07 Å². The van der Waals surface area contributed by atoms with Gasteiger partial charge in [0.15, 0.2) is 0 Å². The fourth-order valence-electron chi connectivity index (χ4n) is 1.09. The van der Waals surface area contributed by atoms with Gasteiger partial charge in [0.2, 0.25) is 0 Å². The molecular weight excluding hydrogens is 269 g/mol. The van der Waals surface area contributed by atoms with E-state index >= 15 is 0 Å². The first-order chi connectivity index (χ1) is 6.49. The third-order valence-corrected chi connectivity index (χ3v) is 2.40. The highest BCUT2D eigenvalue weighted by Crippen LogP contribution is 2.23. The Hall–Kier alpha value is -0.740. The average molecular weight is 279 g/mol. The molecule has 0 spiro atoms. The Morgan fingerprint density at radius 3 is 2.71 bits per heavy atom. The molecule has 1 aromatic rings. The van der Waals surface area contributed by atoms with Gasteiger partial charge in [-0.1, -0.05) is 27.5 Å². The van der Waals surface area contributed by atoms with E-state index in [4.69, 9.17) is 16.7 Å². The van der Waals surface area contributed by atoms with Gasteiger partial charge in [0.25, 0.3) is 0 Å². The van der Waals surface area contributed by atoms with E-state index in [1.54, 1.807) is 19.1 Å². The molecule has 0 heterocycles. The van der Waals surface area contributed by atoms with Crippen molar-refractivity contribution in [2.45, 2.75) is 13.0 Å². The predicted octanol–water partition coefficient (Wildman–Crippen LogP) is 3.43. The van der Waals surface area contributed by atoms with Crippen LogP contribution >= 0.6 is 27.5 Å². The molecule has 0 fully saturated rings. The summed E-state index contributed by atoms with van der Waals surface area (Å²) >= 11 is 9.11. The van der Waals surface area contributed by atoms with E-state index in [9.17, 15) is 4.79 Å². The highest BCUT2D eigenvalue weighted by atomic mass is 79.9. The van der Waals surface area contributed by atoms with Crippen molar-refractivity contribution in [2.24, 2.45) is 0 Å². The first-order valence-corrected chi connectivity index (χ1v) is 5.11. The topological polar surface area (TPSA) is 49.3 Å². The Bertz CT molecular complexity index is 336. The monoisotopic (exact) mass is 277 g/mol. The van der Waals surface area contributed by atoms with E-state index in [0.717, 1.165) is 10.0 Å². The maximum atomic E-state index is 10.4. The molecule has 0 aromatic heterocycles. The second kappa shape index (κ2) is 4.66. The number of amides is 1. The van der Waals surface area contributed by atoms with Crippen molar-refractivity contribution >= 4 is 33.6 Å². The molecule has 1 aromatic carbocycles. The van der Waals surface area contributed by atoms with E-state index in [2.05, 4.69) is 21.2 Å². The lowest BCUT2D eigenvalue weighted by Crippen LogP contribution is -2.24. The van der Waals surface area contributed by atoms with Gasteiger partial charge in [-0.25, -0.2) is 4.79 Å². The summed E-state index contributed by atoms with van der Waals surface area (Å²) in [6.45, 7) is 1.76. The molecule has 0 aliphatic carbocycles. The van der Waals surface area contributed by atoms with Gasteiger partial charge in [-0.2, -0.15) is 0 Å². The molecule has 0 unspecified atom stereocenters. The Labute approximate surface area is 95.2 Å². The van der Waals surface area contributed by atoms with Crippen LogP contribution < -0.4 is 5.32 Å². The van der Waals surface area contributed by atoms with Gasteiger partial charge >= 0.3 is 6.09 Å². The van der Waals surface area contributed by atoms with Crippen molar-refractivity contribution < 1.29 is 9.90 Å². The van der Waals surface area contributed by atoms with Gasteiger partial charge in [-0.05, 0) is 30.7 Å². The van der Waals surface area contributed by atoms with Crippen LogP contribution in [0.15, 0.2) is 22.7 Å². The minimum atomic E-state index is -1.05. The number of benzene rings is 1. The summed E-state index contributed by atoms with van der Waals surface area (Å²) in [5.74, 6) is 0. The Morgan fingerprint density at radius 1 is 1.57 bits per heavy atom. The Morgan fingerprint density at radius 2 is 2.21 bits per heavy atom. The molecule has 3 nitrogen and oxygen atoms in total. The first-order valence-electron chi connectivity index (χ1n) is 3.94. The molecule has 1 amide bonds. The molecule has 0 saturated heterocycles. The molecule has 14 heavy (non-hydrogen) atoms. The van der Waals surface area contributed by atoms with Crippen LogP contribution in [0, 0.1) is 0 Å². The van der Waals surface area contributed by atoms with Crippen LogP contribution in [-0.4, -0.2) is 11.2 Å². The Balaban J connectivity index is 2.89. The highest BCUT2D eigenvalue weighted by Gasteiger charge is 2.09. The molecule has 0 saturated carbocycles. The van der Waals surface area contributed by atoms with Gasteiger partial charge < -0.3 is 10.4 Å². The van der Waals surface area contributed by atoms with Crippen LogP contribution in [0.25, 0.3) is 0 Å². The number of carboxylic acid groups (broad SMARTS) is 1. The number of hydrogen-bond donors (Lipinski definition) is 2. The lowest BCUT2D eigenvalue weighted by molar-refractivity contribution is 0.191. The van der Waals surface area contributed by atoms with Crippen LogP contribution in [0.4, 0.5) is 4.79 Å². The van der Waals surface area contributed by atoms with E-state index in [-0.39, 0.29) is 6.04 Å². The van der Waals surface area contributed by atoms with Crippen LogP contribution in [0.5, 0.6) is 0 Å². The van der Waals surface area contributed by atoms with Crippen LogP contribution in [0.1, 0.15) is 18.5 Å². The zero-order chi connectivity index (χ0) is 10.7. The molecular formula is C9H9BrClNO2. The van der Waals surface area contributed by atoms with Crippen molar-refractivity contribution in [2.75, 3.05) is 0 Å². The average Bonchev–Trinajstić information content (AvgIpc) is 2.00. The molecule has 2 N–H and O–H groups in total. The summed E-state index contributed by atoms with van der Waals surface area (Å²) < 4.78 is 0.832. The smallest absolute Gasteiger partial charge is 0.405 e. The maximum absolute atomic E-state index is 10.4. The second-order valence-electron chi connectivity index (χ2n) is 2.87. The van der Waals surface area contributed by atoms with E-state index < -0.39 is 6.09 Å². The van der Waals surface area contributed by atoms with E-state index in [0.29, 0.717) is 5.02 Å². The molecule has 0 aliphatic rings. The summed E-state index contributed by atoms with van der Waals surface area (Å²) in [7, 11) is 0. The van der Waals surface area contributed by atoms with Crippen molar-refractivity contribution in [3.63, 3.8) is 0 Å². The van der Waals surface area contributed by atoms with Crippen molar-refractivity contribution in [1.82, 2.24) is 5.32 Å². The molecule has 0 aliphatic heterocycles. The normalized spacial score (nSPS) is 12.2. The highest BCUT2D eigenvalue weighted by molar-refractivity contribution is 9.10. The zero-order valence-electron chi connectivity index (χ0n) is 7.42. The lowest BCUT2D eigenvalue weighted by atomic mass is 10.1. The van der Waals surface area contributed by atoms with Gasteiger partial charge in [0, 0.05) is 9.50 Å². The number of halogens is 2. The third kappa shape index (κ3) is 3.20. The zero-order valence-corrected chi connectivity index (χ0v) is 9.76. The van der Waals surface area contributed by atoms with Gasteiger partial charge in [0.1, 0.15) is 0 Å². The fourth-order valence-corrected chi connectivity index (χ4v) is 1.98. The molecule has 0 radical (unpaired) electrons. The molecule has 1 atom stereocenters. The summed E-state index contributed by atoms with van der Waals surface area (Å²) in [6.07, 6.45) is -1.05. The standard InChI is InChI=1S/C9H9BrClNO2/c1-5(12-9(13)14)6-2-7(10)4-8(11)3-6/h2-5,12H,1H3,(H,13,14)/t5-/m0/s1. The lowest BCUT2D eigenvalue weighted by Gasteiger charge is -2.12. The predicted molar refractivity (Wildman–Crippen MR) is 58.7 cm³/mol. The minimum absolute atomic E-state index is 0.275. The minimum Gasteiger partial charge on any atom is -0.465 e. The SMILES string of the molecule is C[C@H](NC(=O)O)c1cc(Cl)cc(Br)c1. The number of nitrogens with one attached hydrogen (secondary N) is 1. The molecule has 76 valence electrons. The van der Waals surface area contributed by atoms with Crippen molar-refractivity contribution in [3.8, 4) is 0 Å². The first kappa shape index (κ1) is 11.3. The fraction of sp³-hybridized carbons (Fsp3) is 0.222. The van der Waals surface area contributed by atoms with Crippen LogP contribution in [-0.2, 0) is 0 Å².